The number of phosphoric acid groups is 2. The number of anilines is 6. The predicted molar refractivity (Wildman–Crippen MR) is 169 cm³/mol. The molecule has 23 nitrogen and oxygen atoms in total. The van der Waals surface area contributed by atoms with Crippen LogP contribution in [-0.4, -0.2) is 69.9 Å². The number of phosphoric ester groups is 2. The van der Waals surface area contributed by atoms with Gasteiger partial charge in [0.25, 0.3) is 11.1 Å². The summed E-state index contributed by atoms with van der Waals surface area (Å²) in [6.45, 7) is -1.18. The van der Waals surface area contributed by atoms with E-state index < -0.39 is 76.7 Å². The first-order valence-corrected chi connectivity index (χ1v) is 18.9. The van der Waals surface area contributed by atoms with Crippen LogP contribution in [0, 0.1) is 0 Å². The van der Waals surface area contributed by atoms with E-state index in [9.17, 15) is 38.3 Å². The molecule has 0 aromatic carbocycles. The fourth-order valence-corrected chi connectivity index (χ4v) is 6.40. The Balaban J connectivity index is 0.000000214. The molecule has 2 aromatic heterocycles. The first-order chi connectivity index (χ1) is 23.3. The molecule has 0 spiro atoms. The van der Waals surface area contributed by atoms with Gasteiger partial charge in [0.1, 0.15) is 11.4 Å². The molecule has 0 bridgehead atoms. The molecule has 10 N–H and O–H groups in total. The number of hydrogen-bond acceptors (Lipinski definition) is 25. The van der Waals surface area contributed by atoms with E-state index in [1.807, 2.05) is 0 Å². The summed E-state index contributed by atoms with van der Waals surface area (Å²) in [6.07, 6.45) is -3.64. The van der Waals surface area contributed by atoms with Gasteiger partial charge in [0.2, 0.25) is 11.9 Å². The minimum atomic E-state index is -5.17. The van der Waals surface area contributed by atoms with Crippen molar-refractivity contribution < 1.29 is 70.4 Å². The van der Waals surface area contributed by atoms with Crippen LogP contribution in [0.2, 0.25) is 0 Å². The Morgan fingerprint density at radius 3 is 1.34 bits per heavy atom. The van der Waals surface area contributed by atoms with Crippen molar-refractivity contribution in [3.05, 3.63) is 40.3 Å². The number of H-pyrrole nitrogens is 2. The number of nitrogen functional groups attached to an aromatic ring is 2. The van der Waals surface area contributed by atoms with E-state index in [0.29, 0.717) is 19.8 Å². The summed E-state index contributed by atoms with van der Waals surface area (Å²) in [5, 5.41) is 11.4. The van der Waals surface area contributed by atoms with E-state index in [0.717, 1.165) is 0 Å². The summed E-state index contributed by atoms with van der Waals surface area (Å²) in [5.41, 5.74) is 10.2. The fraction of sp³-hybridized carbons (Fsp3) is 0.400. The Morgan fingerprint density at radius 2 is 1.02 bits per heavy atom. The van der Waals surface area contributed by atoms with Crippen molar-refractivity contribution in [1.82, 2.24) is 19.9 Å². The van der Waals surface area contributed by atoms with E-state index in [-0.39, 0.29) is 54.5 Å². The van der Waals surface area contributed by atoms with Gasteiger partial charge >= 0.3 is 23.2 Å². The van der Waals surface area contributed by atoms with Crippen LogP contribution in [-0.2, 0) is 101 Å². The number of aromatic nitrogens is 4. The van der Waals surface area contributed by atoms with Crippen molar-refractivity contribution in [3.8, 4) is 0 Å². The summed E-state index contributed by atoms with van der Waals surface area (Å²) in [4.78, 5) is 79.5. The molecule has 6 atom stereocenters. The Kier molecular flexibility index (Phi) is 12.9. The molecule has 276 valence electrons. The van der Waals surface area contributed by atoms with Crippen LogP contribution < -0.4 is 63.4 Å². The summed E-state index contributed by atoms with van der Waals surface area (Å²) in [7, 11) is -10.3. The van der Waals surface area contributed by atoms with Crippen LogP contribution in [0.3, 0.4) is 0 Å². The first-order valence-electron chi connectivity index (χ1n) is 13.1. The van der Waals surface area contributed by atoms with E-state index in [2.05, 4.69) is 50.3 Å². The quantitative estimate of drug-likeness (QED) is 0.0990. The van der Waals surface area contributed by atoms with Gasteiger partial charge in [0, 0.05) is 0 Å². The Bertz CT molecular complexity index is 1780. The number of hydrogen-bond donors (Lipinski definition) is 8. The number of nitrogens with zero attached hydrogens (tertiary/aromatic N) is 2. The van der Waals surface area contributed by atoms with Crippen molar-refractivity contribution in [2.75, 3.05) is 45.9 Å². The molecule has 2 aromatic rings. The van der Waals surface area contributed by atoms with Gasteiger partial charge in [-0.15, -0.1) is 0 Å². The summed E-state index contributed by atoms with van der Waals surface area (Å²) < 4.78 is 49.1. The van der Waals surface area contributed by atoms with Crippen LogP contribution >= 0.6 is 15.6 Å². The summed E-state index contributed by atoms with van der Waals surface area (Å²) in [6, 6.07) is -1.32. The second-order valence-corrected chi connectivity index (χ2v) is 14.0. The van der Waals surface area contributed by atoms with Gasteiger partial charge in [0.15, 0.2) is 24.1 Å². The predicted octanol–water partition coefficient (Wildman–Crippen LogP) is -5.25. The van der Waals surface area contributed by atoms with Crippen LogP contribution in [0.5, 0.6) is 0 Å². The number of nitrogens with two attached hydrogens (primary N) is 2. The van der Waals surface area contributed by atoms with E-state index >= 15 is 0 Å². The molecule has 4 aliphatic rings. The van der Waals surface area contributed by atoms with Gasteiger partial charge in [-0.2, -0.15) is 29.6 Å². The van der Waals surface area contributed by atoms with Crippen LogP contribution in [0.1, 0.15) is 0 Å². The minimum absolute atomic E-state index is 0.0982. The SMILES string of the molecule is Nc1nc2c(c(=O)[nH]1)N[C@H]1C([S-])=C([S-])[C@@H](COP(=O)([O-])[O-])O[C@H]1N2.Nc1nc2c(c(=O)[nH]1)N[C@H]1C([S-])=C([S-])[C@@H](COP(=O)([O-])[O-])O[C@H]1N2.[O]=[W]. The monoisotopic (exact) mass is 982 g/mol. The molecular weight excluding hydrogens is 962 g/mol. The normalized spacial score (nSPS) is 25.2. The zero-order chi connectivity index (χ0) is 37.3. The Labute approximate surface area is 312 Å². The first kappa shape index (κ1) is 40.3. The third kappa shape index (κ3) is 9.50. The standard InChI is InChI=1S/2C10H14N5O6PS2.O.W/c2*11-10-14-7-4(8(16)15-10)12-3-6(24)5(23)2(21-9(3)13-7)1-20-22(17,18)19;;/h2*2-3,9,12,23-24H,1H2,(H2,17,18,19)(H4,11,13,14,15,16);;/p-8/t2*2-,3+,9-;;/m11../s1. The Hall–Kier alpha value is -2.45. The van der Waals surface area contributed by atoms with Gasteiger partial charge in [-0.05, 0) is 0 Å². The molecule has 4 aliphatic heterocycles. The average Bonchev–Trinajstić information content (AvgIpc) is 3.02. The van der Waals surface area contributed by atoms with Crippen molar-refractivity contribution in [2.45, 2.75) is 36.7 Å². The molecule has 6 rings (SSSR count). The van der Waals surface area contributed by atoms with E-state index in [4.69, 9.17) is 74.9 Å². The van der Waals surface area contributed by atoms with Crippen molar-refractivity contribution >= 4 is 101 Å². The molecule has 0 amide bonds. The molecule has 50 heavy (non-hydrogen) atoms. The van der Waals surface area contributed by atoms with Crippen LogP contribution in [0.15, 0.2) is 29.2 Å². The second kappa shape index (κ2) is 16.1. The molecule has 30 heteroatoms. The number of ether oxygens (including phenoxy) is 2. The third-order valence-electron chi connectivity index (χ3n) is 6.66. The van der Waals surface area contributed by atoms with E-state index in [1.165, 1.54) is 0 Å². The number of fused-ring (bicyclic) bond motifs is 4. The molecule has 0 fully saturated rings. The zero-order valence-corrected chi connectivity index (χ0v) is 32.2. The number of rotatable bonds is 6. The second-order valence-electron chi connectivity index (χ2n) is 9.92. The fourth-order valence-electron chi connectivity index (χ4n) is 4.64. The number of nitrogens with one attached hydrogen (secondary N) is 6. The van der Waals surface area contributed by atoms with Gasteiger partial charge in [0.05, 0.1) is 53.2 Å². The topological polar surface area (TPSA) is 372 Å². The molecule has 0 aliphatic carbocycles. The maximum atomic E-state index is 11.9. The maximum absolute atomic E-state index is 11.9. The van der Waals surface area contributed by atoms with Crippen molar-refractivity contribution in [1.29, 1.82) is 0 Å². The van der Waals surface area contributed by atoms with Gasteiger partial charge in [-0.25, -0.2) is 0 Å². The van der Waals surface area contributed by atoms with Gasteiger partial charge < -0.3 is 130 Å². The van der Waals surface area contributed by atoms with E-state index in [1.54, 1.807) is 0 Å². The average molecular weight is 982 g/mol. The van der Waals surface area contributed by atoms with Crippen molar-refractivity contribution in [2.24, 2.45) is 0 Å². The molecule has 6 heterocycles. The van der Waals surface area contributed by atoms with Gasteiger partial charge in [-0.3, -0.25) is 19.6 Å². The number of aromatic amines is 2. The Morgan fingerprint density at radius 1 is 0.680 bits per heavy atom. The van der Waals surface area contributed by atoms with Gasteiger partial charge in [-0.1, -0.05) is 0 Å². The molecule has 0 saturated carbocycles. The summed E-state index contributed by atoms with van der Waals surface area (Å²) in [5.74, 6) is 0.0927. The third-order valence-corrected chi connectivity index (χ3v) is 9.77. The zero-order valence-electron chi connectivity index (χ0n) is 24.2. The molecule has 0 radical (unpaired) electrons. The van der Waals surface area contributed by atoms with Crippen LogP contribution in [0.4, 0.5) is 34.9 Å². The molecule has 0 unspecified atom stereocenters. The van der Waals surface area contributed by atoms with Crippen LogP contribution in [0.25, 0.3) is 0 Å². The summed E-state index contributed by atoms with van der Waals surface area (Å²) >= 11 is 21.1. The van der Waals surface area contributed by atoms with Crippen molar-refractivity contribution in [3.63, 3.8) is 0 Å². The molecule has 0 saturated heterocycles. The molecular formula is C20H20N10O13P2S4W-8.